The monoisotopic (exact) mass is 254 g/mol. The molecule has 2 atom stereocenters. The van der Waals surface area contributed by atoms with Crippen molar-refractivity contribution in [3.05, 3.63) is 15.8 Å². The average molecular weight is 254 g/mol. The molecule has 0 aliphatic heterocycles. The van der Waals surface area contributed by atoms with Crippen molar-refractivity contribution in [1.82, 2.24) is 9.78 Å². The molecule has 0 spiro atoms. The molecule has 0 radical (unpaired) electrons. The molecule has 6 nitrogen and oxygen atoms in total. The summed E-state index contributed by atoms with van der Waals surface area (Å²) in [4.78, 5) is 10.8. The summed E-state index contributed by atoms with van der Waals surface area (Å²) < 4.78 is 1.57. The lowest BCUT2D eigenvalue weighted by atomic mass is 10.0. The van der Waals surface area contributed by atoms with E-state index in [0.29, 0.717) is 23.9 Å². The molecule has 0 amide bonds. The molecule has 1 aromatic heterocycles. The van der Waals surface area contributed by atoms with Gasteiger partial charge < -0.3 is 5.32 Å². The Morgan fingerprint density at radius 1 is 1.44 bits per heavy atom. The second-order valence-corrected chi connectivity index (χ2v) is 4.70. The number of anilines is 1. The molecule has 102 valence electrons. The Morgan fingerprint density at radius 3 is 2.50 bits per heavy atom. The molecule has 0 aromatic carbocycles. The zero-order chi connectivity index (χ0) is 13.9. The van der Waals surface area contributed by atoms with E-state index in [2.05, 4.69) is 24.3 Å². The van der Waals surface area contributed by atoms with Gasteiger partial charge in [-0.15, -0.1) is 0 Å². The Labute approximate surface area is 108 Å². The molecule has 1 N–H and O–H groups in total. The zero-order valence-electron chi connectivity index (χ0n) is 11.7. The maximum atomic E-state index is 11.1. The highest BCUT2D eigenvalue weighted by atomic mass is 16.6. The number of nitro groups is 1. The summed E-state index contributed by atoms with van der Waals surface area (Å²) in [5.41, 5.74) is 0.636. The quantitative estimate of drug-likeness (QED) is 0.625. The van der Waals surface area contributed by atoms with E-state index in [0.717, 1.165) is 6.42 Å². The Bertz CT molecular complexity index is 428. The van der Waals surface area contributed by atoms with Crippen LogP contribution in [0.3, 0.4) is 0 Å². The van der Waals surface area contributed by atoms with Crippen molar-refractivity contribution in [2.24, 2.45) is 13.0 Å². The van der Waals surface area contributed by atoms with Crippen LogP contribution in [-0.2, 0) is 13.5 Å². The lowest BCUT2D eigenvalue weighted by Gasteiger charge is -2.20. The number of nitrogens with zero attached hydrogens (tertiary/aromatic N) is 3. The van der Waals surface area contributed by atoms with Crippen LogP contribution in [0, 0.1) is 16.0 Å². The van der Waals surface area contributed by atoms with Gasteiger partial charge in [-0.3, -0.25) is 10.1 Å². The van der Waals surface area contributed by atoms with Crippen LogP contribution in [0.4, 0.5) is 11.5 Å². The van der Waals surface area contributed by atoms with Crippen molar-refractivity contribution in [3.8, 4) is 0 Å². The fraction of sp³-hybridized carbons (Fsp3) is 0.750. The molecule has 0 aliphatic rings. The molecule has 18 heavy (non-hydrogen) atoms. The Hall–Kier alpha value is -1.59. The van der Waals surface area contributed by atoms with Gasteiger partial charge in [-0.25, -0.2) is 4.68 Å². The molecule has 0 saturated heterocycles. The van der Waals surface area contributed by atoms with E-state index < -0.39 is 0 Å². The summed E-state index contributed by atoms with van der Waals surface area (Å²) in [7, 11) is 1.73. The maximum absolute atomic E-state index is 11.1. The van der Waals surface area contributed by atoms with Gasteiger partial charge in [0.25, 0.3) is 0 Å². The van der Waals surface area contributed by atoms with Gasteiger partial charge >= 0.3 is 5.69 Å². The molecule has 1 aromatic rings. The first-order valence-corrected chi connectivity index (χ1v) is 6.39. The number of hydrogen-bond donors (Lipinski definition) is 1. The van der Waals surface area contributed by atoms with Crippen LogP contribution in [0.1, 0.15) is 39.8 Å². The summed E-state index contributed by atoms with van der Waals surface area (Å²) in [6.45, 7) is 8.15. The number of nitrogens with one attached hydrogen (secondary N) is 1. The van der Waals surface area contributed by atoms with Crippen molar-refractivity contribution in [2.45, 2.75) is 46.6 Å². The molecular weight excluding hydrogens is 232 g/mol. The van der Waals surface area contributed by atoms with Gasteiger partial charge in [0.2, 0.25) is 5.82 Å². The topological polar surface area (TPSA) is 73.0 Å². The van der Waals surface area contributed by atoms with Gasteiger partial charge in [-0.1, -0.05) is 27.2 Å². The van der Waals surface area contributed by atoms with Crippen LogP contribution in [0.15, 0.2) is 0 Å². The van der Waals surface area contributed by atoms with E-state index >= 15 is 0 Å². The fourth-order valence-electron chi connectivity index (χ4n) is 1.87. The largest absolute Gasteiger partial charge is 0.362 e. The van der Waals surface area contributed by atoms with Crippen molar-refractivity contribution in [3.63, 3.8) is 0 Å². The van der Waals surface area contributed by atoms with Gasteiger partial charge in [0.05, 0.1) is 4.92 Å². The first-order valence-electron chi connectivity index (χ1n) is 6.39. The minimum atomic E-state index is -0.350. The summed E-state index contributed by atoms with van der Waals surface area (Å²) in [6.07, 6.45) is 1.59. The summed E-state index contributed by atoms with van der Waals surface area (Å²) in [5.74, 6) is 0.953. The third kappa shape index (κ3) is 2.80. The van der Waals surface area contributed by atoms with Crippen molar-refractivity contribution >= 4 is 11.5 Å². The first-order chi connectivity index (χ1) is 8.42. The van der Waals surface area contributed by atoms with E-state index in [-0.39, 0.29) is 16.7 Å². The number of aryl methyl sites for hydroxylation is 2. The fourth-order valence-corrected chi connectivity index (χ4v) is 1.87. The van der Waals surface area contributed by atoms with E-state index in [1.165, 1.54) is 0 Å². The van der Waals surface area contributed by atoms with Crippen LogP contribution >= 0.6 is 0 Å². The third-order valence-corrected chi connectivity index (χ3v) is 3.47. The van der Waals surface area contributed by atoms with Crippen molar-refractivity contribution in [1.29, 1.82) is 0 Å². The Morgan fingerprint density at radius 2 is 2.06 bits per heavy atom. The van der Waals surface area contributed by atoms with E-state index in [1.54, 1.807) is 11.7 Å². The standard InChI is InChI=1S/C12H22N4O2/c1-6-8(3)9(4)13-12-11(16(17)18)10(7-2)14-15(12)5/h8-9,13H,6-7H2,1-5H3. The highest BCUT2D eigenvalue weighted by Gasteiger charge is 2.27. The van der Waals surface area contributed by atoms with Crippen LogP contribution in [0.5, 0.6) is 0 Å². The molecule has 2 unspecified atom stereocenters. The molecular formula is C12H22N4O2. The Balaban J connectivity index is 3.08. The van der Waals surface area contributed by atoms with Crippen molar-refractivity contribution in [2.75, 3.05) is 5.32 Å². The molecule has 1 heterocycles. The minimum Gasteiger partial charge on any atom is -0.362 e. The third-order valence-electron chi connectivity index (χ3n) is 3.47. The highest BCUT2D eigenvalue weighted by Crippen LogP contribution is 2.29. The van der Waals surface area contributed by atoms with Crippen LogP contribution in [0.2, 0.25) is 0 Å². The molecule has 0 bridgehead atoms. The van der Waals surface area contributed by atoms with Gasteiger partial charge in [-0.2, -0.15) is 5.10 Å². The van der Waals surface area contributed by atoms with Gasteiger partial charge in [0.15, 0.2) is 0 Å². The lowest BCUT2D eigenvalue weighted by molar-refractivity contribution is -0.384. The van der Waals surface area contributed by atoms with Gasteiger partial charge in [0, 0.05) is 13.1 Å². The van der Waals surface area contributed by atoms with E-state index in [9.17, 15) is 10.1 Å². The predicted molar refractivity (Wildman–Crippen MR) is 71.8 cm³/mol. The predicted octanol–water partition coefficient (Wildman–Crippen LogP) is 2.74. The molecule has 0 fully saturated rings. The zero-order valence-corrected chi connectivity index (χ0v) is 11.7. The van der Waals surface area contributed by atoms with Gasteiger partial charge in [-0.05, 0) is 19.3 Å². The van der Waals surface area contributed by atoms with Crippen molar-refractivity contribution < 1.29 is 4.92 Å². The van der Waals surface area contributed by atoms with Crippen LogP contribution in [0.25, 0.3) is 0 Å². The maximum Gasteiger partial charge on any atom is 0.333 e. The average Bonchev–Trinajstić information content (AvgIpc) is 2.65. The second-order valence-electron chi connectivity index (χ2n) is 4.70. The van der Waals surface area contributed by atoms with Crippen LogP contribution < -0.4 is 5.32 Å². The number of aromatic nitrogens is 2. The Kier molecular flexibility index (Phi) is 4.69. The van der Waals surface area contributed by atoms with Crippen LogP contribution in [-0.4, -0.2) is 20.7 Å². The first kappa shape index (κ1) is 14.5. The van der Waals surface area contributed by atoms with E-state index in [4.69, 9.17) is 0 Å². The second kappa shape index (κ2) is 5.84. The summed E-state index contributed by atoms with van der Waals surface area (Å²) in [5, 5.41) is 18.6. The smallest absolute Gasteiger partial charge is 0.333 e. The highest BCUT2D eigenvalue weighted by molar-refractivity contribution is 5.60. The molecule has 0 aliphatic carbocycles. The number of hydrogen-bond acceptors (Lipinski definition) is 4. The normalized spacial score (nSPS) is 14.3. The molecule has 0 saturated carbocycles. The lowest BCUT2D eigenvalue weighted by Crippen LogP contribution is -2.25. The van der Waals surface area contributed by atoms with E-state index in [1.807, 2.05) is 13.8 Å². The summed E-state index contributed by atoms with van der Waals surface area (Å²) in [6, 6.07) is 0.175. The SMILES string of the molecule is CCc1nn(C)c(NC(C)C(C)CC)c1[N+](=O)[O-]. The summed E-state index contributed by atoms with van der Waals surface area (Å²) >= 11 is 0. The van der Waals surface area contributed by atoms with Gasteiger partial charge in [0.1, 0.15) is 5.69 Å². The molecule has 6 heteroatoms. The molecule has 1 rings (SSSR count). The minimum absolute atomic E-state index is 0.107. The number of rotatable bonds is 6.